The Balaban J connectivity index is 2.00. The molecule has 0 aliphatic rings. The normalized spacial score (nSPS) is 12.5. The Hall–Kier alpha value is -2.35. The summed E-state index contributed by atoms with van der Waals surface area (Å²) in [5.74, 6) is 0.818. The van der Waals surface area contributed by atoms with Crippen molar-refractivity contribution in [3.8, 4) is 5.75 Å². The third-order valence-corrected chi connectivity index (χ3v) is 7.23. The molecule has 0 unspecified atom stereocenters. The molecule has 0 heterocycles. The van der Waals surface area contributed by atoms with Crippen LogP contribution in [0.3, 0.4) is 0 Å². The van der Waals surface area contributed by atoms with Crippen molar-refractivity contribution in [2.45, 2.75) is 19.4 Å². The first-order valence-corrected chi connectivity index (χ1v) is 10.5. The standard InChI is InChI=1S/C22H24NO2P/c1-3-22(18-14-16-19(25-2)17-15-18)23-26(24,20-10-6-4-7-11-20)21-12-8-5-9-13-21/h4-17,22H,3H2,1-2H3,(H,23,24)/t22-/m1/s1. The fourth-order valence-corrected chi connectivity index (χ4v) is 5.58. The van der Waals surface area contributed by atoms with Crippen LogP contribution in [0.25, 0.3) is 0 Å². The maximum Gasteiger partial charge on any atom is 0.205 e. The fourth-order valence-electron chi connectivity index (χ4n) is 3.03. The van der Waals surface area contributed by atoms with Crippen LogP contribution in [-0.4, -0.2) is 7.11 Å². The number of methoxy groups -OCH3 is 1. The zero-order valence-corrected chi connectivity index (χ0v) is 16.0. The topological polar surface area (TPSA) is 38.3 Å². The van der Waals surface area contributed by atoms with E-state index in [0.717, 1.165) is 28.3 Å². The van der Waals surface area contributed by atoms with Gasteiger partial charge in [0.2, 0.25) is 7.29 Å². The summed E-state index contributed by atoms with van der Waals surface area (Å²) in [5, 5.41) is 5.12. The first kappa shape index (κ1) is 18.4. The average Bonchev–Trinajstić information content (AvgIpc) is 2.73. The van der Waals surface area contributed by atoms with Crippen molar-refractivity contribution in [2.75, 3.05) is 7.11 Å². The van der Waals surface area contributed by atoms with E-state index in [1.54, 1.807) is 7.11 Å². The molecule has 0 aliphatic carbocycles. The molecular formula is C22H24NO2P. The molecule has 3 aromatic rings. The lowest BCUT2D eigenvalue weighted by atomic mass is 10.1. The van der Waals surface area contributed by atoms with Crippen LogP contribution in [-0.2, 0) is 4.57 Å². The minimum atomic E-state index is -2.96. The van der Waals surface area contributed by atoms with Gasteiger partial charge in [-0.25, -0.2) is 0 Å². The van der Waals surface area contributed by atoms with Crippen LogP contribution < -0.4 is 20.4 Å². The smallest absolute Gasteiger partial charge is 0.205 e. The number of benzene rings is 3. The Morgan fingerprint density at radius 3 is 1.77 bits per heavy atom. The lowest BCUT2D eigenvalue weighted by Gasteiger charge is -2.27. The fraction of sp³-hybridized carbons (Fsp3) is 0.182. The molecule has 0 aliphatic heterocycles. The third kappa shape index (κ3) is 3.90. The molecule has 0 spiro atoms. The highest BCUT2D eigenvalue weighted by Crippen LogP contribution is 2.42. The Labute approximate surface area is 155 Å². The molecule has 3 aromatic carbocycles. The summed E-state index contributed by atoms with van der Waals surface area (Å²) in [4.78, 5) is 0. The molecular weight excluding hydrogens is 341 g/mol. The van der Waals surface area contributed by atoms with E-state index >= 15 is 0 Å². The van der Waals surface area contributed by atoms with Gasteiger partial charge in [-0.1, -0.05) is 55.5 Å². The van der Waals surface area contributed by atoms with Crippen molar-refractivity contribution in [3.05, 3.63) is 90.5 Å². The van der Waals surface area contributed by atoms with Crippen molar-refractivity contribution >= 4 is 17.9 Å². The Kier molecular flexibility index (Phi) is 5.92. The summed E-state index contributed by atoms with van der Waals surface area (Å²) < 4.78 is 19.4. The summed E-state index contributed by atoms with van der Waals surface area (Å²) in [7, 11) is -1.31. The van der Waals surface area contributed by atoms with Gasteiger partial charge in [-0.15, -0.1) is 0 Å². The van der Waals surface area contributed by atoms with E-state index in [0.29, 0.717) is 0 Å². The molecule has 3 nitrogen and oxygen atoms in total. The number of ether oxygens (including phenoxy) is 1. The SMILES string of the molecule is CC[C@@H](NP(=O)(c1ccccc1)c1ccccc1)c1ccc(OC)cc1. The second kappa shape index (κ2) is 8.35. The van der Waals surface area contributed by atoms with Crippen molar-refractivity contribution in [2.24, 2.45) is 0 Å². The quantitative estimate of drug-likeness (QED) is 0.619. The second-order valence-electron chi connectivity index (χ2n) is 6.14. The first-order valence-electron chi connectivity index (χ1n) is 8.80. The maximum atomic E-state index is 14.1. The minimum Gasteiger partial charge on any atom is -0.497 e. The van der Waals surface area contributed by atoms with Gasteiger partial charge in [-0.2, -0.15) is 0 Å². The number of rotatable bonds is 7. The number of nitrogens with one attached hydrogen (secondary N) is 1. The highest BCUT2D eigenvalue weighted by atomic mass is 31.2. The summed E-state index contributed by atoms with van der Waals surface area (Å²) >= 11 is 0. The van der Waals surface area contributed by atoms with Gasteiger partial charge in [0.05, 0.1) is 7.11 Å². The zero-order chi connectivity index (χ0) is 18.4. The summed E-state index contributed by atoms with van der Waals surface area (Å²) in [6, 6.07) is 27.3. The highest BCUT2D eigenvalue weighted by molar-refractivity contribution is 7.76. The molecule has 0 radical (unpaired) electrons. The molecule has 0 fully saturated rings. The summed E-state index contributed by atoms with van der Waals surface area (Å²) in [6.45, 7) is 2.10. The van der Waals surface area contributed by atoms with Gasteiger partial charge in [-0.05, 0) is 48.4 Å². The summed E-state index contributed by atoms with van der Waals surface area (Å²) in [6.07, 6.45) is 0.829. The van der Waals surface area contributed by atoms with Crippen LogP contribution in [0.2, 0.25) is 0 Å². The minimum absolute atomic E-state index is 0.0212. The van der Waals surface area contributed by atoms with Crippen molar-refractivity contribution in [1.82, 2.24) is 5.09 Å². The largest absolute Gasteiger partial charge is 0.497 e. The van der Waals surface area contributed by atoms with Gasteiger partial charge in [0, 0.05) is 16.7 Å². The van der Waals surface area contributed by atoms with Crippen LogP contribution in [0, 0.1) is 0 Å². The highest BCUT2D eigenvalue weighted by Gasteiger charge is 2.30. The van der Waals surface area contributed by atoms with Crippen LogP contribution in [0.4, 0.5) is 0 Å². The van der Waals surface area contributed by atoms with E-state index in [2.05, 4.69) is 12.0 Å². The Morgan fingerprint density at radius 1 is 0.846 bits per heavy atom. The molecule has 4 heteroatoms. The van der Waals surface area contributed by atoms with E-state index in [-0.39, 0.29) is 6.04 Å². The van der Waals surface area contributed by atoms with E-state index < -0.39 is 7.29 Å². The molecule has 0 saturated heterocycles. The molecule has 0 aromatic heterocycles. The number of hydrogen-bond donors (Lipinski definition) is 1. The Bertz CT molecular complexity index is 820. The lowest BCUT2D eigenvalue weighted by molar-refractivity contribution is 0.414. The zero-order valence-electron chi connectivity index (χ0n) is 15.1. The van der Waals surface area contributed by atoms with Crippen LogP contribution in [0.15, 0.2) is 84.9 Å². The number of hydrogen-bond acceptors (Lipinski definition) is 2. The molecule has 0 amide bonds. The molecule has 26 heavy (non-hydrogen) atoms. The molecule has 3 rings (SSSR count). The van der Waals surface area contributed by atoms with Crippen molar-refractivity contribution in [1.29, 1.82) is 0 Å². The van der Waals surface area contributed by atoms with Gasteiger partial charge >= 0.3 is 0 Å². The van der Waals surface area contributed by atoms with E-state index in [1.807, 2.05) is 84.9 Å². The predicted molar refractivity (Wildman–Crippen MR) is 109 cm³/mol. The molecule has 1 atom stereocenters. The second-order valence-corrected chi connectivity index (χ2v) is 8.65. The molecule has 0 saturated carbocycles. The molecule has 0 bridgehead atoms. The van der Waals surface area contributed by atoms with Crippen molar-refractivity contribution < 1.29 is 9.30 Å². The molecule has 134 valence electrons. The maximum absolute atomic E-state index is 14.1. The van der Waals surface area contributed by atoms with Crippen LogP contribution in [0.5, 0.6) is 5.75 Å². The van der Waals surface area contributed by atoms with Gasteiger partial charge in [0.15, 0.2) is 0 Å². The lowest BCUT2D eigenvalue weighted by Crippen LogP contribution is -2.30. The predicted octanol–water partition coefficient (Wildman–Crippen LogP) is 4.67. The van der Waals surface area contributed by atoms with E-state index in [9.17, 15) is 4.57 Å². The van der Waals surface area contributed by atoms with Crippen LogP contribution in [0.1, 0.15) is 24.9 Å². The average molecular weight is 365 g/mol. The van der Waals surface area contributed by atoms with Gasteiger partial charge in [0.1, 0.15) is 5.75 Å². The Morgan fingerprint density at radius 2 is 1.35 bits per heavy atom. The van der Waals surface area contributed by atoms with Crippen molar-refractivity contribution in [3.63, 3.8) is 0 Å². The van der Waals surface area contributed by atoms with E-state index in [4.69, 9.17) is 4.74 Å². The van der Waals surface area contributed by atoms with Gasteiger partial charge in [0.25, 0.3) is 0 Å². The first-order chi connectivity index (χ1) is 12.7. The monoisotopic (exact) mass is 365 g/mol. The van der Waals surface area contributed by atoms with E-state index in [1.165, 1.54) is 0 Å². The van der Waals surface area contributed by atoms with Crippen LogP contribution >= 0.6 is 7.29 Å². The third-order valence-electron chi connectivity index (χ3n) is 4.50. The molecule has 1 N–H and O–H groups in total. The van der Waals surface area contributed by atoms with Gasteiger partial charge < -0.3 is 4.74 Å². The van der Waals surface area contributed by atoms with Gasteiger partial charge in [-0.3, -0.25) is 9.65 Å². The summed E-state index contributed by atoms with van der Waals surface area (Å²) in [5.41, 5.74) is 1.10.